The van der Waals surface area contributed by atoms with Crippen LogP contribution in [0.25, 0.3) is 0 Å². The molecule has 0 bridgehead atoms. The quantitative estimate of drug-likeness (QED) is 0.606. The summed E-state index contributed by atoms with van der Waals surface area (Å²) in [6.45, 7) is 1.17. The summed E-state index contributed by atoms with van der Waals surface area (Å²) in [4.78, 5) is 12.6. The Hall–Kier alpha value is -2.47. The van der Waals surface area contributed by atoms with Gasteiger partial charge in [-0.05, 0) is 36.4 Å². The van der Waals surface area contributed by atoms with E-state index in [2.05, 4.69) is 0 Å². The largest absolute Gasteiger partial charge is 0.490 e. The SMILES string of the molecule is COc1ccc(CN(C)Cc2ccc(F)cc2)cc1[N+](=O)[O-]. The Morgan fingerprint density at radius 3 is 2.32 bits per heavy atom. The smallest absolute Gasteiger partial charge is 0.311 e. The fourth-order valence-corrected chi connectivity index (χ4v) is 2.25. The van der Waals surface area contributed by atoms with Crippen molar-refractivity contribution < 1.29 is 14.1 Å². The lowest BCUT2D eigenvalue weighted by Crippen LogP contribution is -2.17. The molecule has 0 N–H and O–H groups in total. The van der Waals surface area contributed by atoms with E-state index < -0.39 is 4.92 Å². The molecule has 5 nitrogen and oxygen atoms in total. The number of rotatable bonds is 6. The number of nitro benzene ring substituents is 1. The van der Waals surface area contributed by atoms with E-state index in [1.165, 1.54) is 25.3 Å². The minimum absolute atomic E-state index is 0.0461. The van der Waals surface area contributed by atoms with Gasteiger partial charge in [-0.3, -0.25) is 15.0 Å². The van der Waals surface area contributed by atoms with Gasteiger partial charge in [-0.15, -0.1) is 0 Å². The Bertz CT molecular complexity index is 659. The number of hydrogen-bond acceptors (Lipinski definition) is 4. The van der Waals surface area contributed by atoms with Crippen LogP contribution in [0.1, 0.15) is 11.1 Å². The Morgan fingerprint density at radius 1 is 1.14 bits per heavy atom. The van der Waals surface area contributed by atoms with Crippen molar-refractivity contribution in [3.05, 3.63) is 69.5 Å². The van der Waals surface area contributed by atoms with Gasteiger partial charge in [0.05, 0.1) is 12.0 Å². The molecule has 116 valence electrons. The highest BCUT2D eigenvalue weighted by molar-refractivity contribution is 5.48. The molecule has 2 aromatic carbocycles. The van der Waals surface area contributed by atoms with Gasteiger partial charge in [-0.25, -0.2) is 4.39 Å². The van der Waals surface area contributed by atoms with E-state index in [4.69, 9.17) is 4.74 Å². The molecule has 0 saturated heterocycles. The number of halogens is 1. The number of nitro groups is 1. The van der Waals surface area contributed by atoms with E-state index in [1.807, 2.05) is 11.9 Å². The van der Waals surface area contributed by atoms with Gasteiger partial charge >= 0.3 is 5.69 Å². The predicted octanol–water partition coefficient (Wildman–Crippen LogP) is 3.37. The Morgan fingerprint density at radius 2 is 1.73 bits per heavy atom. The van der Waals surface area contributed by atoms with Crippen LogP contribution >= 0.6 is 0 Å². The van der Waals surface area contributed by atoms with Crippen LogP contribution in [0.5, 0.6) is 5.75 Å². The van der Waals surface area contributed by atoms with Crippen LogP contribution in [0.4, 0.5) is 10.1 Å². The fraction of sp³-hybridized carbons (Fsp3) is 0.250. The molecule has 0 saturated carbocycles. The molecule has 0 amide bonds. The van der Waals surface area contributed by atoms with Crippen molar-refractivity contribution in [2.75, 3.05) is 14.2 Å². The Balaban J connectivity index is 2.08. The molecular weight excluding hydrogens is 287 g/mol. The predicted molar refractivity (Wildman–Crippen MR) is 81.2 cm³/mol. The van der Waals surface area contributed by atoms with Crippen molar-refractivity contribution in [3.63, 3.8) is 0 Å². The van der Waals surface area contributed by atoms with E-state index in [9.17, 15) is 14.5 Å². The molecule has 2 aromatic rings. The summed E-state index contributed by atoms with van der Waals surface area (Å²) in [5, 5.41) is 11.0. The first kappa shape index (κ1) is 15.9. The van der Waals surface area contributed by atoms with Crippen molar-refractivity contribution >= 4 is 5.69 Å². The average molecular weight is 304 g/mol. The first-order chi connectivity index (χ1) is 10.5. The van der Waals surface area contributed by atoms with E-state index in [0.29, 0.717) is 13.1 Å². The van der Waals surface area contributed by atoms with Crippen molar-refractivity contribution in [3.8, 4) is 5.75 Å². The van der Waals surface area contributed by atoms with Crippen molar-refractivity contribution in [2.45, 2.75) is 13.1 Å². The summed E-state index contributed by atoms with van der Waals surface area (Å²) in [6.07, 6.45) is 0. The Kier molecular flexibility index (Phi) is 5.06. The summed E-state index contributed by atoms with van der Waals surface area (Å²) in [5.74, 6) is -0.0212. The number of benzene rings is 2. The lowest BCUT2D eigenvalue weighted by Gasteiger charge is -2.17. The lowest BCUT2D eigenvalue weighted by molar-refractivity contribution is -0.385. The molecular formula is C16H17FN2O3. The summed E-state index contributed by atoms with van der Waals surface area (Å²) in [6, 6.07) is 11.2. The van der Waals surface area contributed by atoms with E-state index in [1.54, 1.807) is 24.3 Å². The third-order valence-electron chi connectivity index (χ3n) is 3.26. The molecule has 22 heavy (non-hydrogen) atoms. The first-order valence-corrected chi connectivity index (χ1v) is 6.74. The minimum atomic E-state index is -0.456. The topological polar surface area (TPSA) is 55.6 Å². The minimum Gasteiger partial charge on any atom is -0.490 e. The number of methoxy groups -OCH3 is 1. The van der Waals surface area contributed by atoms with Crippen LogP contribution in [-0.2, 0) is 13.1 Å². The molecule has 0 heterocycles. The molecule has 6 heteroatoms. The second kappa shape index (κ2) is 7.00. The molecule has 0 unspecified atom stereocenters. The van der Waals surface area contributed by atoms with Crippen LogP contribution in [0.15, 0.2) is 42.5 Å². The fourth-order valence-electron chi connectivity index (χ4n) is 2.25. The van der Waals surface area contributed by atoms with Gasteiger partial charge in [-0.2, -0.15) is 0 Å². The van der Waals surface area contributed by atoms with Crippen LogP contribution in [-0.4, -0.2) is 24.0 Å². The number of ether oxygens (including phenoxy) is 1. The highest BCUT2D eigenvalue weighted by Crippen LogP contribution is 2.28. The standard InChI is InChI=1S/C16H17FN2O3/c1-18(10-12-3-6-14(17)7-4-12)11-13-5-8-16(22-2)15(9-13)19(20)21/h3-9H,10-11H2,1-2H3. The molecule has 2 rings (SSSR count). The van der Waals surface area contributed by atoms with Crippen molar-refractivity contribution in [2.24, 2.45) is 0 Å². The highest BCUT2D eigenvalue weighted by Gasteiger charge is 2.15. The molecule has 0 aliphatic heterocycles. The molecule has 0 aliphatic rings. The van der Waals surface area contributed by atoms with Crippen LogP contribution < -0.4 is 4.74 Å². The van der Waals surface area contributed by atoms with Gasteiger partial charge in [0, 0.05) is 19.2 Å². The molecule has 0 radical (unpaired) electrons. The van der Waals surface area contributed by atoms with Crippen molar-refractivity contribution in [1.82, 2.24) is 4.90 Å². The third-order valence-corrected chi connectivity index (χ3v) is 3.26. The zero-order valence-electron chi connectivity index (χ0n) is 12.5. The molecule has 0 fully saturated rings. The zero-order chi connectivity index (χ0) is 16.1. The molecule has 0 atom stereocenters. The summed E-state index contributed by atoms with van der Waals surface area (Å²) in [7, 11) is 3.31. The van der Waals surface area contributed by atoms with Crippen molar-refractivity contribution in [1.29, 1.82) is 0 Å². The maximum absolute atomic E-state index is 12.9. The molecule has 0 spiro atoms. The zero-order valence-corrected chi connectivity index (χ0v) is 12.5. The average Bonchev–Trinajstić information content (AvgIpc) is 2.49. The van der Waals surface area contributed by atoms with Crippen LogP contribution in [0, 0.1) is 15.9 Å². The maximum Gasteiger partial charge on any atom is 0.311 e. The number of hydrogen-bond donors (Lipinski definition) is 0. The van der Waals surface area contributed by atoms with Gasteiger partial charge < -0.3 is 4.74 Å². The van der Waals surface area contributed by atoms with Gasteiger partial charge in [-0.1, -0.05) is 18.2 Å². The highest BCUT2D eigenvalue weighted by atomic mass is 19.1. The monoisotopic (exact) mass is 304 g/mol. The summed E-state index contributed by atoms with van der Waals surface area (Å²) >= 11 is 0. The maximum atomic E-state index is 12.9. The van der Waals surface area contributed by atoms with E-state index in [0.717, 1.165) is 11.1 Å². The van der Waals surface area contributed by atoms with E-state index in [-0.39, 0.29) is 17.3 Å². The lowest BCUT2D eigenvalue weighted by atomic mass is 10.1. The first-order valence-electron chi connectivity index (χ1n) is 6.74. The second-order valence-corrected chi connectivity index (χ2v) is 5.06. The molecule has 0 aliphatic carbocycles. The normalized spacial score (nSPS) is 10.7. The van der Waals surface area contributed by atoms with Gasteiger partial charge in [0.25, 0.3) is 0 Å². The van der Waals surface area contributed by atoms with E-state index >= 15 is 0 Å². The summed E-state index contributed by atoms with van der Waals surface area (Å²) < 4.78 is 17.9. The molecule has 0 aromatic heterocycles. The third kappa shape index (κ3) is 4.02. The van der Waals surface area contributed by atoms with Gasteiger partial charge in [0.2, 0.25) is 0 Å². The summed E-state index contributed by atoms with van der Waals surface area (Å²) in [5.41, 5.74) is 1.75. The van der Waals surface area contributed by atoms with Gasteiger partial charge in [0.15, 0.2) is 5.75 Å². The van der Waals surface area contributed by atoms with Crippen LogP contribution in [0.3, 0.4) is 0 Å². The van der Waals surface area contributed by atoms with Crippen LogP contribution in [0.2, 0.25) is 0 Å². The Labute approximate surface area is 128 Å². The number of nitrogens with zero attached hydrogens (tertiary/aromatic N) is 2. The second-order valence-electron chi connectivity index (χ2n) is 5.06. The van der Waals surface area contributed by atoms with Gasteiger partial charge in [0.1, 0.15) is 5.82 Å².